The molecule has 0 aliphatic heterocycles. The maximum Gasteiger partial charge on any atom is 0.271 e. The zero-order chi connectivity index (χ0) is 19.2. The number of H-pyrrole nitrogens is 1. The minimum absolute atomic E-state index is 0.331. The molecule has 0 saturated heterocycles. The first-order valence-corrected chi connectivity index (χ1v) is 7.99. The molecular weight excluding hydrogens is 346 g/mol. The summed E-state index contributed by atoms with van der Waals surface area (Å²) in [4.78, 5) is 23.2. The zero-order valence-electron chi connectivity index (χ0n) is 14.5. The highest BCUT2D eigenvalue weighted by atomic mass is 16.5. The molecule has 136 valence electrons. The number of aromatic amines is 1. The number of methoxy groups -OCH3 is 1. The van der Waals surface area contributed by atoms with E-state index in [9.17, 15) is 9.59 Å². The Kier molecular flexibility index (Phi) is 5.27. The number of nitrogens with one attached hydrogen (secondary N) is 2. The third kappa shape index (κ3) is 4.18. The van der Waals surface area contributed by atoms with Crippen LogP contribution in [0.1, 0.15) is 26.3 Å². The molecule has 0 aliphatic carbocycles. The van der Waals surface area contributed by atoms with E-state index in [0.717, 1.165) is 17.0 Å². The van der Waals surface area contributed by atoms with Gasteiger partial charge in [0.15, 0.2) is 0 Å². The molecule has 0 radical (unpaired) electrons. The van der Waals surface area contributed by atoms with Crippen molar-refractivity contribution >= 4 is 18.0 Å². The molecule has 2 amide bonds. The first-order chi connectivity index (χ1) is 13.1. The molecule has 27 heavy (non-hydrogen) atoms. The largest absolute Gasteiger partial charge is 0.497 e. The lowest BCUT2D eigenvalue weighted by Gasteiger charge is -2.03. The van der Waals surface area contributed by atoms with E-state index < -0.39 is 11.8 Å². The number of nitrogens with zero attached hydrogens (tertiary/aromatic N) is 2. The summed E-state index contributed by atoms with van der Waals surface area (Å²) < 4.78 is 5.15. The predicted octanol–water partition coefficient (Wildman–Crippen LogP) is 1.95. The molecular formula is C19H17N5O3. The van der Waals surface area contributed by atoms with Crippen LogP contribution >= 0.6 is 0 Å². The average Bonchev–Trinajstić information content (AvgIpc) is 3.16. The van der Waals surface area contributed by atoms with Crippen LogP contribution in [-0.2, 0) is 0 Å². The number of hydrogen-bond acceptors (Lipinski definition) is 5. The van der Waals surface area contributed by atoms with Gasteiger partial charge in [0, 0.05) is 22.3 Å². The summed E-state index contributed by atoms with van der Waals surface area (Å²) in [6, 6.07) is 13.4. The van der Waals surface area contributed by atoms with Crippen molar-refractivity contribution in [2.45, 2.75) is 0 Å². The van der Waals surface area contributed by atoms with Gasteiger partial charge < -0.3 is 10.5 Å². The van der Waals surface area contributed by atoms with E-state index in [1.807, 2.05) is 24.3 Å². The van der Waals surface area contributed by atoms with Crippen molar-refractivity contribution in [2.75, 3.05) is 7.11 Å². The standard InChI is InChI=1S/C19H17N5O3/c1-27-16-8-6-12(7-9-16)17-15(10-21-23-17)11-22-24-19(26)14-4-2-13(3-5-14)18(20)25/h2-11H,1H3,(H2,20,25)(H,21,23)(H,24,26)/b22-11-. The fourth-order valence-corrected chi connectivity index (χ4v) is 2.39. The lowest BCUT2D eigenvalue weighted by molar-refractivity contribution is 0.0952. The molecule has 0 fully saturated rings. The van der Waals surface area contributed by atoms with E-state index in [2.05, 4.69) is 20.7 Å². The molecule has 0 unspecified atom stereocenters. The summed E-state index contributed by atoms with van der Waals surface area (Å²) >= 11 is 0. The Bertz CT molecular complexity index is 975. The van der Waals surface area contributed by atoms with E-state index in [1.165, 1.54) is 30.5 Å². The minimum atomic E-state index is -0.550. The Balaban J connectivity index is 1.69. The Labute approximate surface area is 155 Å². The van der Waals surface area contributed by atoms with E-state index in [-0.39, 0.29) is 0 Å². The van der Waals surface area contributed by atoms with Crippen molar-refractivity contribution in [1.29, 1.82) is 0 Å². The Morgan fingerprint density at radius 1 is 1.11 bits per heavy atom. The molecule has 0 atom stereocenters. The number of nitrogens with two attached hydrogens (primary N) is 1. The minimum Gasteiger partial charge on any atom is -0.497 e. The highest BCUT2D eigenvalue weighted by Gasteiger charge is 2.08. The average molecular weight is 363 g/mol. The third-order valence-electron chi connectivity index (χ3n) is 3.85. The fraction of sp³-hybridized carbons (Fsp3) is 0.0526. The van der Waals surface area contributed by atoms with Gasteiger partial charge in [-0.25, -0.2) is 5.43 Å². The molecule has 0 aliphatic rings. The second-order valence-electron chi connectivity index (χ2n) is 5.57. The first-order valence-electron chi connectivity index (χ1n) is 7.99. The number of aromatic nitrogens is 2. The third-order valence-corrected chi connectivity index (χ3v) is 3.85. The number of carbonyl (C=O) groups is 2. The van der Waals surface area contributed by atoms with Gasteiger partial charge in [-0.05, 0) is 48.5 Å². The highest BCUT2D eigenvalue weighted by Crippen LogP contribution is 2.22. The van der Waals surface area contributed by atoms with Gasteiger partial charge in [-0.2, -0.15) is 10.2 Å². The molecule has 1 aromatic heterocycles. The van der Waals surface area contributed by atoms with Crippen LogP contribution in [0.3, 0.4) is 0 Å². The van der Waals surface area contributed by atoms with E-state index in [4.69, 9.17) is 10.5 Å². The Morgan fingerprint density at radius 3 is 2.41 bits per heavy atom. The van der Waals surface area contributed by atoms with Crippen LogP contribution in [0, 0.1) is 0 Å². The van der Waals surface area contributed by atoms with E-state index in [1.54, 1.807) is 13.3 Å². The molecule has 3 aromatic rings. The molecule has 0 bridgehead atoms. The monoisotopic (exact) mass is 363 g/mol. The van der Waals surface area contributed by atoms with Crippen molar-refractivity contribution in [3.8, 4) is 17.0 Å². The van der Waals surface area contributed by atoms with Crippen LogP contribution in [0.5, 0.6) is 5.75 Å². The maximum absolute atomic E-state index is 12.1. The second kappa shape index (κ2) is 7.96. The highest BCUT2D eigenvalue weighted by molar-refractivity contribution is 5.97. The summed E-state index contributed by atoms with van der Waals surface area (Å²) in [5, 5.41) is 10.9. The molecule has 3 rings (SSSR count). The van der Waals surface area contributed by atoms with Gasteiger partial charge in [0.05, 0.1) is 25.2 Å². The number of amides is 2. The molecule has 1 heterocycles. The number of ether oxygens (including phenoxy) is 1. The van der Waals surface area contributed by atoms with Crippen molar-refractivity contribution in [1.82, 2.24) is 15.6 Å². The van der Waals surface area contributed by atoms with Gasteiger partial charge in [0.25, 0.3) is 5.91 Å². The summed E-state index contributed by atoms with van der Waals surface area (Å²) in [5.41, 5.74) is 10.7. The van der Waals surface area contributed by atoms with Crippen molar-refractivity contribution in [3.05, 3.63) is 71.4 Å². The quantitative estimate of drug-likeness (QED) is 0.457. The molecule has 2 aromatic carbocycles. The number of benzene rings is 2. The Hall–Kier alpha value is -3.94. The maximum atomic E-state index is 12.1. The summed E-state index contributed by atoms with van der Waals surface area (Å²) in [7, 11) is 1.60. The predicted molar refractivity (Wildman–Crippen MR) is 101 cm³/mol. The lowest BCUT2D eigenvalue weighted by Crippen LogP contribution is -2.18. The van der Waals surface area contributed by atoms with Gasteiger partial charge >= 0.3 is 0 Å². The smallest absolute Gasteiger partial charge is 0.271 e. The van der Waals surface area contributed by atoms with Gasteiger partial charge in [-0.3, -0.25) is 14.7 Å². The topological polar surface area (TPSA) is 122 Å². The lowest BCUT2D eigenvalue weighted by atomic mass is 10.1. The van der Waals surface area contributed by atoms with Crippen LogP contribution in [-0.4, -0.2) is 35.3 Å². The normalized spacial score (nSPS) is 10.7. The van der Waals surface area contributed by atoms with Crippen molar-refractivity contribution in [2.24, 2.45) is 10.8 Å². The molecule has 4 N–H and O–H groups in total. The number of carbonyl (C=O) groups excluding carboxylic acids is 2. The first kappa shape index (κ1) is 17.9. The van der Waals surface area contributed by atoms with Gasteiger partial charge in [0.2, 0.25) is 5.91 Å². The Morgan fingerprint density at radius 2 is 1.78 bits per heavy atom. The van der Waals surface area contributed by atoms with Crippen molar-refractivity contribution in [3.63, 3.8) is 0 Å². The van der Waals surface area contributed by atoms with Gasteiger partial charge in [-0.15, -0.1) is 0 Å². The molecule has 0 saturated carbocycles. The van der Waals surface area contributed by atoms with E-state index >= 15 is 0 Å². The number of hydrogen-bond donors (Lipinski definition) is 3. The molecule has 0 spiro atoms. The summed E-state index contributed by atoms with van der Waals surface area (Å²) in [6.45, 7) is 0. The number of rotatable bonds is 6. The molecule has 8 heteroatoms. The molecule has 8 nitrogen and oxygen atoms in total. The van der Waals surface area contributed by atoms with Crippen LogP contribution in [0.4, 0.5) is 0 Å². The van der Waals surface area contributed by atoms with Gasteiger partial charge in [0.1, 0.15) is 5.75 Å². The summed E-state index contributed by atoms with van der Waals surface area (Å²) in [6.07, 6.45) is 3.11. The van der Waals surface area contributed by atoms with Crippen molar-refractivity contribution < 1.29 is 14.3 Å². The summed E-state index contributed by atoms with van der Waals surface area (Å²) in [5.74, 6) is -0.203. The number of hydrazone groups is 1. The van der Waals surface area contributed by atoms with Gasteiger partial charge in [-0.1, -0.05) is 0 Å². The van der Waals surface area contributed by atoms with Crippen LogP contribution in [0.15, 0.2) is 59.8 Å². The van der Waals surface area contributed by atoms with E-state index in [0.29, 0.717) is 16.7 Å². The number of primary amides is 1. The van der Waals surface area contributed by atoms with Crippen LogP contribution < -0.4 is 15.9 Å². The van der Waals surface area contributed by atoms with Crippen LogP contribution in [0.2, 0.25) is 0 Å². The zero-order valence-corrected chi connectivity index (χ0v) is 14.5. The second-order valence-corrected chi connectivity index (χ2v) is 5.57. The SMILES string of the molecule is COc1ccc(-c2[nH]ncc2/C=N\NC(=O)c2ccc(C(N)=O)cc2)cc1. The van der Waals surface area contributed by atoms with Crippen LogP contribution in [0.25, 0.3) is 11.3 Å². The fourth-order valence-electron chi connectivity index (χ4n) is 2.39.